The van der Waals surface area contributed by atoms with Crippen LogP contribution in [-0.2, 0) is 11.3 Å². The monoisotopic (exact) mass is 519 g/mol. The molecule has 5 rings (SSSR count). The molecule has 3 heterocycles. The van der Waals surface area contributed by atoms with Crippen LogP contribution in [0.3, 0.4) is 0 Å². The molecule has 1 saturated heterocycles. The molecule has 1 aliphatic rings. The Bertz CT molecular complexity index is 1470. The molecule has 2 aromatic carbocycles. The normalized spacial score (nSPS) is 15.5. The van der Waals surface area contributed by atoms with E-state index in [0.717, 1.165) is 30.5 Å². The van der Waals surface area contributed by atoms with Gasteiger partial charge in [-0.2, -0.15) is 5.10 Å². The topological polar surface area (TPSA) is 101 Å². The number of aromatic amines is 1. The summed E-state index contributed by atoms with van der Waals surface area (Å²) in [6, 6.07) is 11.4. The molecule has 1 fully saturated rings. The minimum Gasteiger partial charge on any atom is -0.496 e. The first-order chi connectivity index (χ1) is 18.4. The summed E-state index contributed by atoms with van der Waals surface area (Å²) in [5.41, 5.74) is 2.60. The van der Waals surface area contributed by atoms with Crippen LogP contribution in [0.5, 0.6) is 11.5 Å². The number of piperidine rings is 1. The summed E-state index contributed by atoms with van der Waals surface area (Å²) in [5.74, 6) is 0.726. The lowest BCUT2D eigenvalue weighted by Gasteiger charge is -2.35. The van der Waals surface area contributed by atoms with Crippen molar-refractivity contribution in [1.29, 1.82) is 0 Å². The summed E-state index contributed by atoms with van der Waals surface area (Å²) < 4.78 is 26.6. The van der Waals surface area contributed by atoms with E-state index >= 15 is 0 Å². The molecule has 4 aromatic rings. The third-order valence-corrected chi connectivity index (χ3v) is 7.10. The number of ether oxygens (including phenoxy) is 2. The van der Waals surface area contributed by atoms with Crippen molar-refractivity contribution in [3.05, 3.63) is 71.3 Å². The number of amides is 2. The van der Waals surface area contributed by atoms with Gasteiger partial charge < -0.3 is 24.3 Å². The lowest BCUT2D eigenvalue weighted by atomic mass is 9.99. The zero-order valence-corrected chi connectivity index (χ0v) is 21.6. The van der Waals surface area contributed by atoms with E-state index in [0.29, 0.717) is 40.3 Å². The van der Waals surface area contributed by atoms with E-state index in [1.54, 1.807) is 41.1 Å². The van der Waals surface area contributed by atoms with Gasteiger partial charge in [-0.1, -0.05) is 6.07 Å². The molecular formula is C28H30FN5O4. The molecule has 0 radical (unpaired) electrons. The van der Waals surface area contributed by atoms with Crippen LogP contribution >= 0.6 is 0 Å². The minimum absolute atomic E-state index is 0.0597. The summed E-state index contributed by atoms with van der Waals surface area (Å²) in [6.45, 7) is 2.58. The van der Waals surface area contributed by atoms with Gasteiger partial charge in [-0.05, 0) is 56.5 Å². The van der Waals surface area contributed by atoms with Gasteiger partial charge in [0.25, 0.3) is 5.91 Å². The first-order valence-corrected chi connectivity index (χ1v) is 12.5. The zero-order chi connectivity index (χ0) is 26.8. The van der Waals surface area contributed by atoms with Crippen LogP contribution < -0.4 is 14.8 Å². The maximum atomic E-state index is 14.1. The molecule has 38 heavy (non-hydrogen) atoms. The van der Waals surface area contributed by atoms with Crippen molar-refractivity contribution in [2.24, 2.45) is 0 Å². The number of H-pyrrole nitrogens is 1. The van der Waals surface area contributed by atoms with Crippen LogP contribution in [0.1, 0.15) is 46.9 Å². The van der Waals surface area contributed by atoms with Gasteiger partial charge in [-0.3, -0.25) is 14.7 Å². The van der Waals surface area contributed by atoms with E-state index in [2.05, 4.69) is 15.5 Å². The van der Waals surface area contributed by atoms with Crippen molar-refractivity contribution in [3.63, 3.8) is 0 Å². The maximum Gasteiger partial charge on any atom is 0.257 e. The van der Waals surface area contributed by atoms with E-state index in [1.807, 2.05) is 17.9 Å². The van der Waals surface area contributed by atoms with Crippen molar-refractivity contribution in [3.8, 4) is 11.5 Å². The van der Waals surface area contributed by atoms with Gasteiger partial charge in [0.15, 0.2) is 5.82 Å². The van der Waals surface area contributed by atoms with Gasteiger partial charge in [0.1, 0.15) is 23.9 Å². The number of rotatable bonds is 7. The molecule has 1 unspecified atom stereocenters. The molecule has 198 valence electrons. The van der Waals surface area contributed by atoms with Crippen LogP contribution in [0.4, 0.5) is 10.2 Å². The number of nitrogens with zero attached hydrogens (tertiary/aromatic N) is 3. The Kier molecular flexibility index (Phi) is 7.04. The molecule has 2 amide bonds. The van der Waals surface area contributed by atoms with Crippen molar-refractivity contribution >= 4 is 28.5 Å². The van der Waals surface area contributed by atoms with Crippen LogP contribution in [0.15, 0.2) is 48.7 Å². The number of methoxy groups -OCH3 is 2. The first-order valence-electron chi connectivity index (χ1n) is 12.5. The van der Waals surface area contributed by atoms with Gasteiger partial charge >= 0.3 is 0 Å². The van der Waals surface area contributed by atoms with E-state index in [9.17, 15) is 14.0 Å². The summed E-state index contributed by atoms with van der Waals surface area (Å²) in [7, 11) is 3.08. The molecule has 0 bridgehead atoms. The molecular weight excluding hydrogens is 489 g/mol. The number of likely N-dealkylation sites (tertiary alicyclic amines) is 1. The number of benzene rings is 2. The Morgan fingerprint density at radius 1 is 1.13 bits per heavy atom. The Morgan fingerprint density at radius 2 is 1.89 bits per heavy atom. The molecule has 0 aliphatic carbocycles. The quantitative estimate of drug-likeness (QED) is 0.364. The second-order valence-electron chi connectivity index (χ2n) is 9.38. The minimum atomic E-state index is -0.358. The van der Waals surface area contributed by atoms with E-state index in [1.165, 1.54) is 20.3 Å². The number of hydrogen-bond acceptors (Lipinski definition) is 5. The van der Waals surface area contributed by atoms with Crippen molar-refractivity contribution in [2.75, 3.05) is 26.1 Å². The fourth-order valence-electron chi connectivity index (χ4n) is 5.09. The summed E-state index contributed by atoms with van der Waals surface area (Å²) >= 11 is 0. The molecule has 9 nitrogen and oxygen atoms in total. The van der Waals surface area contributed by atoms with Crippen molar-refractivity contribution < 1.29 is 23.5 Å². The molecule has 1 atom stereocenters. The fraction of sp³-hybridized carbons (Fsp3) is 0.321. The highest BCUT2D eigenvalue weighted by molar-refractivity contribution is 6.04. The zero-order valence-electron chi connectivity index (χ0n) is 21.6. The molecule has 10 heteroatoms. The maximum absolute atomic E-state index is 14.1. The third kappa shape index (κ3) is 4.81. The Balaban J connectivity index is 1.32. The predicted octanol–water partition coefficient (Wildman–Crippen LogP) is 4.84. The van der Waals surface area contributed by atoms with Crippen molar-refractivity contribution in [1.82, 2.24) is 19.7 Å². The molecule has 0 spiro atoms. The average Bonchev–Trinajstić information content (AvgIpc) is 3.56. The number of fused-ring (bicyclic) bond motifs is 1. The molecule has 2 aromatic heterocycles. The highest BCUT2D eigenvalue weighted by Crippen LogP contribution is 2.32. The average molecular weight is 520 g/mol. The van der Waals surface area contributed by atoms with E-state index < -0.39 is 0 Å². The van der Waals surface area contributed by atoms with E-state index in [4.69, 9.17) is 9.47 Å². The second-order valence-corrected chi connectivity index (χ2v) is 9.38. The summed E-state index contributed by atoms with van der Waals surface area (Å²) in [4.78, 5) is 28.2. The smallest absolute Gasteiger partial charge is 0.257 e. The molecule has 0 saturated carbocycles. The number of carbonyl (C=O) groups is 2. The third-order valence-electron chi connectivity index (χ3n) is 7.10. The van der Waals surface area contributed by atoms with Gasteiger partial charge in [0.05, 0.1) is 31.5 Å². The number of aromatic nitrogens is 3. The highest BCUT2D eigenvalue weighted by atomic mass is 19.1. The van der Waals surface area contributed by atoms with Crippen LogP contribution in [-0.4, -0.2) is 52.2 Å². The Morgan fingerprint density at radius 3 is 2.63 bits per heavy atom. The van der Waals surface area contributed by atoms with Crippen LogP contribution in [0.2, 0.25) is 0 Å². The van der Waals surface area contributed by atoms with Crippen molar-refractivity contribution in [2.45, 2.75) is 38.8 Å². The summed E-state index contributed by atoms with van der Waals surface area (Å²) in [5, 5.41) is 10.6. The molecule has 2 N–H and O–H groups in total. The van der Waals surface area contributed by atoms with Gasteiger partial charge in [0.2, 0.25) is 5.91 Å². The first kappa shape index (κ1) is 25.3. The number of hydrogen-bond donors (Lipinski definition) is 2. The van der Waals surface area contributed by atoms with E-state index in [-0.39, 0.29) is 30.2 Å². The second kappa shape index (κ2) is 10.6. The largest absolute Gasteiger partial charge is 0.496 e. The standard InChI is InChI=1S/C28H30FN5O4/c1-17-24(37-2)13-18(14-25(17)38-3)28(36)30-26-15-21(31-32-26)23-8-4-5-11-34(23)27(35)16-33-12-10-19-20(29)7-6-9-22(19)33/h6-7,9-10,12-15,23H,4-5,8,11,16H2,1-3H3,(H2,30,31,32,36). The number of halogens is 1. The Hall–Kier alpha value is -4.34. The fourth-order valence-corrected chi connectivity index (χ4v) is 5.09. The lowest BCUT2D eigenvalue weighted by Crippen LogP contribution is -2.40. The lowest BCUT2D eigenvalue weighted by molar-refractivity contribution is -0.135. The van der Waals surface area contributed by atoms with Gasteiger partial charge in [-0.15, -0.1) is 0 Å². The Labute approximate surface area is 219 Å². The highest BCUT2D eigenvalue weighted by Gasteiger charge is 2.30. The number of anilines is 1. The van der Waals surface area contributed by atoms with Crippen LogP contribution in [0, 0.1) is 12.7 Å². The number of nitrogens with one attached hydrogen (secondary N) is 2. The van der Waals surface area contributed by atoms with Crippen LogP contribution in [0.25, 0.3) is 10.9 Å². The SMILES string of the molecule is COc1cc(C(=O)Nc2cc(C3CCCCN3C(=O)Cn3ccc4c(F)cccc43)[nH]n2)cc(OC)c1C. The summed E-state index contributed by atoms with van der Waals surface area (Å²) in [6.07, 6.45) is 4.38. The van der Waals surface area contributed by atoms with Gasteiger partial charge in [-0.25, -0.2) is 4.39 Å². The molecule has 1 aliphatic heterocycles. The van der Waals surface area contributed by atoms with Gasteiger partial charge in [0, 0.05) is 35.3 Å². The number of carbonyl (C=O) groups excluding carboxylic acids is 2. The predicted molar refractivity (Wildman–Crippen MR) is 141 cm³/mol.